The Morgan fingerprint density at radius 3 is 2.62 bits per heavy atom. The van der Waals surface area contributed by atoms with Gasteiger partial charge in [0.2, 0.25) is 0 Å². The Morgan fingerprint density at radius 2 is 1.81 bits per heavy atom. The first-order valence-electron chi connectivity index (χ1n) is 11.0. The summed E-state index contributed by atoms with van der Waals surface area (Å²) < 4.78 is 3.73. The van der Waals surface area contributed by atoms with E-state index in [0.717, 1.165) is 47.6 Å². The van der Waals surface area contributed by atoms with Gasteiger partial charge >= 0.3 is 0 Å². The monoisotopic (exact) mass is 446 g/mol. The largest absolute Gasteiger partial charge is 0.296 e. The molecule has 1 aliphatic heterocycles. The van der Waals surface area contributed by atoms with Crippen LogP contribution < -0.4 is 5.56 Å². The Kier molecular flexibility index (Phi) is 6.05. The molecular weight excluding hydrogens is 420 g/mol. The van der Waals surface area contributed by atoms with Gasteiger partial charge in [0.05, 0.1) is 12.2 Å². The molecule has 5 rings (SSSR count). The average Bonchev–Trinajstić information content (AvgIpc) is 3.22. The molecule has 0 unspecified atom stereocenters. The van der Waals surface area contributed by atoms with Gasteiger partial charge < -0.3 is 0 Å². The van der Waals surface area contributed by atoms with E-state index >= 15 is 0 Å². The molecule has 1 saturated heterocycles. The third kappa shape index (κ3) is 4.47. The van der Waals surface area contributed by atoms with Gasteiger partial charge in [-0.05, 0) is 56.6 Å². The second-order valence-corrected chi connectivity index (χ2v) is 9.16. The maximum atomic E-state index is 12.6. The number of thioether (sulfide) groups is 1. The highest BCUT2D eigenvalue weighted by atomic mass is 32.2. The van der Waals surface area contributed by atoms with Crippen molar-refractivity contribution in [2.24, 2.45) is 0 Å². The molecule has 1 aromatic carbocycles. The van der Waals surface area contributed by atoms with Crippen molar-refractivity contribution in [3.8, 4) is 5.69 Å². The number of pyridine rings is 1. The summed E-state index contributed by atoms with van der Waals surface area (Å²) in [7, 11) is 0. The van der Waals surface area contributed by atoms with Crippen LogP contribution in [0, 0.1) is 6.92 Å². The van der Waals surface area contributed by atoms with Gasteiger partial charge in [0.25, 0.3) is 5.56 Å². The Morgan fingerprint density at radius 1 is 1.00 bits per heavy atom. The molecule has 3 aromatic heterocycles. The van der Waals surface area contributed by atoms with Crippen molar-refractivity contribution in [2.45, 2.75) is 43.6 Å². The first-order valence-corrected chi connectivity index (χ1v) is 12.0. The van der Waals surface area contributed by atoms with Gasteiger partial charge in [-0.15, -0.1) is 10.2 Å². The molecule has 0 aliphatic carbocycles. The number of aryl methyl sites for hydroxylation is 1. The van der Waals surface area contributed by atoms with E-state index in [9.17, 15) is 4.79 Å². The molecular formula is C24H26N6OS. The van der Waals surface area contributed by atoms with Crippen LogP contribution in [0.3, 0.4) is 0 Å². The van der Waals surface area contributed by atoms with Crippen LogP contribution in [-0.4, -0.2) is 42.1 Å². The fourth-order valence-electron chi connectivity index (χ4n) is 4.12. The smallest absolute Gasteiger partial charge is 0.258 e. The lowest BCUT2D eigenvalue weighted by Crippen LogP contribution is -2.30. The molecule has 4 aromatic rings. The van der Waals surface area contributed by atoms with Crippen molar-refractivity contribution in [3.63, 3.8) is 0 Å². The van der Waals surface area contributed by atoms with Crippen LogP contribution in [-0.2, 0) is 12.3 Å². The van der Waals surface area contributed by atoms with Crippen LogP contribution >= 0.6 is 11.8 Å². The molecule has 0 radical (unpaired) electrons. The van der Waals surface area contributed by atoms with E-state index in [1.54, 1.807) is 22.2 Å². The lowest BCUT2D eigenvalue weighted by atomic mass is 10.1. The number of fused-ring (bicyclic) bond motifs is 1. The van der Waals surface area contributed by atoms with Crippen LogP contribution in [0.5, 0.6) is 0 Å². The number of rotatable bonds is 6. The summed E-state index contributed by atoms with van der Waals surface area (Å²) in [4.78, 5) is 19.7. The molecule has 8 heteroatoms. The second kappa shape index (κ2) is 9.26. The minimum absolute atomic E-state index is 0.0652. The van der Waals surface area contributed by atoms with Gasteiger partial charge in [0.1, 0.15) is 5.65 Å². The maximum Gasteiger partial charge on any atom is 0.258 e. The minimum atomic E-state index is -0.0652. The van der Waals surface area contributed by atoms with Gasteiger partial charge in [-0.2, -0.15) is 0 Å². The van der Waals surface area contributed by atoms with Gasteiger partial charge in [0.15, 0.2) is 11.0 Å². The second-order valence-electron chi connectivity index (χ2n) is 8.22. The first kappa shape index (κ1) is 20.9. The van der Waals surface area contributed by atoms with Crippen molar-refractivity contribution < 1.29 is 0 Å². The molecule has 7 nitrogen and oxygen atoms in total. The summed E-state index contributed by atoms with van der Waals surface area (Å²) in [6.07, 6.45) is 5.61. The predicted molar refractivity (Wildman–Crippen MR) is 126 cm³/mol. The number of hydrogen-bond acceptors (Lipinski definition) is 6. The highest BCUT2D eigenvalue weighted by Crippen LogP contribution is 2.26. The number of likely N-dealkylation sites (tertiary alicyclic amines) is 1. The van der Waals surface area contributed by atoms with Crippen molar-refractivity contribution in [1.82, 2.24) is 29.0 Å². The minimum Gasteiger partial charge on any atom is -0.296 e. The maximum absolute atomic E-state index is 12.6. The van der Waals surface area contributed by atoms with Crippen molar-refractivity contribution in [3.05, 3.63) is 82.2 Å². The fourth-order valence-corrected chi connectivity index (χ4v) is 4.98. The zero-order valence-corrected chi connectivity index (χ0v) is 19.0. The number of para-hydroxylation sites is 1. The summed E-state index contributed by atoms with van der Waals surface area (Å²) in [5.74, 6) is 1.50. The van der Waals surface area contributed by atoms with E-state index in [1.165, 1.54) is 19.3 Å². The fraction of sp³-hybridized carbons (Fsp3) is 0.333. The summed E-state index contributed by atoms with van der Waals surface area (Å²) in [6, 6.07) is 15.7. The summed E-state index contributed by atoms with van der Waals surface area (Å²) in [5.41, 5.74) is 3.41. The van der Waals surface area contributed by atoms with Crippen LogP contribution in [0.2, 0.25) is 0 Å². The van der Waals surface area contributed by atoms with Gasteiger partial charge in [-0.3, -0.25) is 18.7 Å². The van der Waals surface area contributed by atoms with E-state index in [-0.39, 0.29) is 5.56 Å². The first-order chi connectivity index (χ1) is 15.7. The van der Waals surface area contributed by atoms with E-state index < -0.39 is 0 Å². The highest BCUT2D eigenvalue weighted by Gasteiger charge is 2.19. The standard InChI is InChI=1S/C24H26N6OS/c1-18-10-11-21-25-19(14-23(31)29(21)15-18)17-32-24-27-26-22(16-28-12-6-3-7-13-28)30(24)20-8-4-2-5-9-20/h2,4-5,8-11,14-15H,3,6-7,12-13,16-17H2,1H3. The molecule has 1 aliphatic rings. The molecule has 0 saturated carbocycles. The van der Waals surface area contributed by atoms with Crippen LogP contribution in [0.1, 0.15) is 36.3 Å². The molecule has 0 atom stereocenters. The summed E-state index contributed by atoms with van der Waals surface area (Å²) >= 11 is 1.56. The molecule has 0 bridgehead atoms. The zero-order valence-electron chi connectivity index (χ0n) is 18.1. The molecule has 1 fully saturated rings. The Balaban J connectivity index is 1.42. The third-order valence-corrected chi connectivity index (χ3v) is 6.70. The number of nitrogens with zero attached hydrogens (tertiary/aromatic N) is 6. The Labute approximate surface area is 191 Å². The van der Waals surface area contributed by atoms with E-state index in [1.807, 2.05) is 43.5 Å². The van der Waals surface area contributed by atoms with Crippen molar-refractivity contribution in [2.75, 3.05) is 13.1 Å². The Hall–Kier alpha value is -2.97. The SMILES string of the molecule is Cc1ccc2nc(CSc3nnc(CN4CCCCC4)n3-c3ccccc3)cc(=O)n2c1. The zero-order chi connectivity index (χ0) is 21.9. The van der Waals surface area contributed by atoms with Crippen LogP contribution in [0.4, 0.5) is 0 Å². The quantitative estimate of drug-likeness (QED) is 0.419. The molecule has 164 valence electrons. The van der Waals surface area contributed by atoms with Gasteiger partial charge in [-0.25, -0.2) is 4.98 Å². The number of benzene rings is 1. The third-order valence-electron chi connectivity index (χ3n) is 5.74. The molecule has 0 amide bonds. The summed E-state index contributed by atoms with van der Waals surface area (Å²) in [5, 5.41) is 9.86. The lowest BCUT2D eigenvalue weighted by Gasteiger charge is -2.26. The van der Waals surface area contributed by atoms with E-state index in [2.05, 4.69) is 36.8 Å². The molecule has 0 N–H and O–H groups in total. The molecule has 4 heterocycles. The number of piperidine rings is 1. The number of hydrogen-bond donors (Lipinski definition) is 0. The lowest BCUT2D eigenvalue weighted by molar-refractivity contribution is 0.214. The number of aromatic nitrogens is 5. The highest BCUT2D eigenvalue weighted by molar-refractivity contribution is 7.98. The van der Waals surface area contributed by atoms with Gasteiger partial charge in [0, 0.05) is 23.7 Å². The van der Waals surface area contributed by atoms with Crippen LogP contribution in [0.25, 0.3) is 11.3 Å². The van der Waals surface area contributed by atoms with Crippen molar-refractivity contribution >= 4 is 17.4 Å². The summed E-state index contributed by atoms with van der Waals surface area (Å²) in [6.45, 7) is 4.97. The topological polar surface area (TPSA) is 68.3 Å². The normalized spacial score (nSPS) is 14.8. The average molecular weight is 447 g/mol. The Bertz CT molecular complexity index is 1280. The predicted octanol–water partition coefficient (Wildman–Crippen LogP) is 3.86. The molecule has 32 heavy (non-hydrogen) atoms. The van der Waals surface area contributed by atoms with E-state index in [4.69, 9.17) is 0 Å². The molecule has 0 spiro atoms. The van der Waals surface area contributed by atoms with Crippen molar-refractivity contribution in [1.29, 1.82) is 0 Å². The van der Waals surface area contributed by atoms with Crippen LogP contribution in [0.15, 0.2) is 64.7 Å². The van der Waals surface area contributed by atoms with E-state index in [0.29, 0.717) is 11.4 Å². The van der Waals surface area contributed by atoms with Gasteiger partial charge in [-0.1, -0.05) is 42.4 Å².